The topological polar surface area (TPSA) is 33.6 Å². The van der Waals surface area contributed by atoms with Crippen LogP contribution in [-0.4, -0.2) is 12.6 Å². The maximum Gasteiger partial charge on any atom is 0.166 e. The Morgan fingerprint density at radius 3 is 3.38 bits per heavy atom. The summed E-state index contributed by atoms with van der Waals surface area (Å²) in [5.74, 6) is 0.861. The average molecular weight is 112 g/mol. The van der Waals surface area contributed by atoms with E-state index in [1.54, 1.807) is 6.08 Å². The van der Waals surface area contributed by atoms with Crippen LogP contribution < -0.4 is 5.48 Å². The molecule has 1 N–H and O–H groups in total. The third-order valence-electron chi connectivity index (χ3n) is 0.848. The largest absolute Gasteiger partial charge is 0.251 e. The first-order chi connectivity index (χ1) is 3.93. The lowest BCUT2D eigenvalue weighted by atomic mass is 10.4. The van der Waals surface area contributed by atoms with E-state index in [1.165, 1.54) is 0 Å². The van der Waals surface area contributed by atoms with Crippen molar-refractivity contribution in [1.29, 1.82) is 0 Å². The molecule has 3 nitrogen and oxygen atoms in total. The third-order valence-corrected chi connectivity index (χ3v) is 0.848. The summed E-state index contributed by atoms with van der Waals surface area (Å²) >= 11 is 0. The van der Waals surface area contributed by atoms with Crippen molar-refractivity contribution in [3.8, 4) is 0 Å². The molecule has 0 unspecified atom stereocenters. The van der Waals surface area contributed by atoms with E-state index in [0.717, 1.165) is 12.3 Å². The van der Waals surface area contributed by atoms with Gasteiger partial charge >= 0.3 is 0 Å². The lowest BCUT2D eigenvalue weighted by Crippen LogP contribution is -2.14. The summed E-state index contributed by atoms with van der Waals surface area (Å²) in [5.41, 5.74) is 2.64. The molecule has 0 atom stereocenters. The van der Waals surface area contributed by atoms with Gasteiger partial charge in [0.1, 0.15) is 5.84 Å². The minimum atomic E-state index is 0.434. The van der Waals surface area contributed by atoms with Crippen molar-refractivity contribution in [3.05, 3.63) is 12.7 Å². The van der Waals surface area contributed by atoms with Crippen molar-refractivity contribution in [3.63, 3.8) is 0 Å². The van der Waals surface area contributed by atoms with Crippen molar-refractivity contribution >= 4 is 5.84 Å². The van der Waals surface area contributed by atoms with Gasteiger partial charge in [-0.25, -0.2) is 4.99 Å². The van der Waals surface area contributed by atoms with Crippen molar-refractivity contribution in [2.24, 2.45) is 4.99 Å². The molecule has 1 aliphatic heterocycles. The number of aliphatic imine (C=N–C) groups is 1. The zero-order chi connectivity index (χ0) is 5.82. The number of hydroxylamine groups is 1. The van der Waals surface area contributed by atoms with Crippen molar-refractivity contribution in [2.45, 2.75) is 6.42 Å². The van der Waals surface area contributed by atoms with Gasteiger partial charge in [-0.05, 0) is 0 Å². The fraction of sp³-hybridized carbons (Fsp3) is 0.400. The molecule has 8 heavy (non-hydrogen) atoms. The summed E-state index contributed by atoms with van der Waals surface area (Å²) in [6, 6.07) is 0. The Bertz CT molecular complexity index is 120. The Morgan fingerprint density at radius 2 is 2.88 bits per heavy atom. The van der Waals surface area contributed by atoms with Gasteiger partial charge in [0.05, 0.1) is 0 Å². The number of hydrogen-bond acceptors (Lipinski definition) is 3. The maximum atomic E-state index is 4.71. The van der Waals surface area contributed by atoms with Crippen molar-refractivity contribution in [1.82, 2.24) is 5.48 Å². The summed E-state index contributed by atoms with van der Waals surface area (Å²) in [6.07, 6.45) is 2.54. The zero-order valence-corrected chi connectivity index (χ0v) is 4.55. The summed E-state index contributed by atoms with van der Waals surface area (Å²) in [7, 11) is 0. The van der Waals surface area contributed by atoms with Crippen LogP contribution in [0.15, 0.2) is 17.6 Å². The molecule has 3 heteroatoms. The fourth-order valence-electron chi connectivity index (χ4n) is 0.501. The van der Waals surface area contributed by atoms with Gasteiger partial charge in [-0.3, -0.25) is 10.3 Å². The SMILES string of the molecule is C=CCC1=NCON1. The van der Waals surface area contributed by atoms with E-state index < -0.39 is 0 Å². The quantitative estimate of drug-likeness (QED) is 0.526. The smallest absolute Gasteiger partial charge is 0.166 e. The van der Waals surface area contributed by atoms with Crippen LogP contribution in [0.2, 0.25) is 0 Å². The molecule has 0 aliphatic carbocycles. The Hall–Kier alpha value is -0.830. The highest BCUT2D eigenvalue weighted by Gasteiger charge is 2.00. The van der Waals surface area contributed by atoms with Gasteiger partial charge in [0.25, 0.3) is 0 Å². The summed E-state index contributed by atoms with van der Waals surface area (Å²) < 4.78 is 0. The predicted molar refractivity (Wildman–Crippen MR) is 31.3 cm³/mol. The molecule has 1 rings (SSSR count). The first kappa shape index (κ1) is 5.31. The van der Waals surface area contributed by atoms with Crippen LogP contribution in [0.3, 0.4) is 0 Å². The molecular formula is C5H8N2O. The van der Waals surface area contributed by atoms with Crippen LogP contribution in [0, 0.1) is 0 Å². The molecule has 0 bridgehead atoms. The van der Waals surface area contributed by atoms with Gasteiger partial charge in [0.2, 0.25) is 0 Å². The highest BCUT2D eigenvalue weighted by atomic mass is 16.7. The number of nitrogens with zero attached hydrogens (tertiary/aromatic N) is 1. The summed E-state index contributed by atoms with van der Waals surface area (Å²) in [4.78, 5) is 8.65. The Balaban J connectivity index is 2.33. The van der Waals surface area contributed by atoms with Crippen LogP contribution in [0.5, 0.6) is 0 Å². The summed E-state index contributed by atoms with van der Waals surface area (Å²) in [5, 5.41) is 0. The highest BCUT2D eigenvalue weighted by molar-refractivity contribution is 5.83. The van der Waals surface area contributed by atoms with Crippen molar-refractivity contribution < 1.29 is 4.84 Å². The first-order valence-electron chi connectivity index (χ1n) is 2.45. The highest BCUT2D eigenvalue weighted by Crippen LogP contribution is 1.90. The molecule has 0 aromatic rings. The first-order valence-corrected chi connectivity index (χ1v) is 2.45. The van der Waals surface area contributed by atoms with Crippen LogP contribution in [0.4, 0.5) is 0 Å². The number of amidine groups is 1. The molecule has 1 heterocycles. The lowest BCUT2D eigenvalue weighted by molar-refractivity contribution is 0.114. The van der Waals surface area contributed by atoms with Crippen LogP contribution in [-0.2, 0) is 4.84 Å². The van der Waals surface area contributed by atoms with E-state index in [2.05, 4.69) is 17.1 Å². The molecule has 44 valence electrons. The summed E-state index contributed by atoms with van der Waals surface area (Å²) in [6.45, 7) is 3.98. The number of nitrogens with one attached hydrogen (secondary N) is 1. The van der Waals surface area contributed by atoms with E-state index >= 15 is 0 Å². The fourth-order valence-corrected chi connectivity index (χ4v) is 0.501. The maximum absolute atomic E-state index is 4.71. The van der Waals surface area contributed by atoms with Gasteiger partial charge in [-0.1, -0.05) is 6.08 Å². The average Bonchev–Trinajstić information content (AvgIpc) is 2.19. The van der Waals surface area contributed by atoms with Crippen LogP contribution in [0.1, 0.15) is 6.42 Å². The monoisotopic (exact) mass is 112 g/mol. The Morgan fingerprint density at radius 1 is 2.00 bits per heavy atom. The Kier molecular flexibility index (Phi) is 1.64. The standard InChI is InChI=1S/C5H8N2O/c1-2-3-5-6-4-8-7-5/h2H,1,3-4H2,(H,6,7). The molecule has 0 saturated carbocycles. The third kappa shape index (κ3) is 1.07. The van der Waals surface area contributed by atoms with Gasteiger partial charge in [0, 0.05) is 6.42 Å². The molecule has 0 fully saturated rings. The second-order valence-electron chi connectivity index (χ2n) is 1.47. The Labute approximate surface area is 48.0 Å². The number of rotatable bonds is 2. The lowest BCUT2D eigenvalue weighted by Gasteiger charge is -1.92. The van der Waals surface area contributed by atoms with Gasteiger partial charge in [-0.2, -0.15) is 0 Å². The minimum Gasteiger partial charge on any atom is -0.251 e. The molecule has 0 spiro atoms. The van der Waals surface area contributed by atoms with Crippen LogP contribution in [0.25, 0.3) is 0 Å². The second-order valence-corrected chi connectivity index (χ2v) is 1.47. The van der Waals surface area contributed by atoms with E-state index in [4.69, 9.17) is 4.84 Å². The molecule has 0 amide bonds. The zero-order valence-electron chi connectivity index (χ0n) is 4.55. The molecular weight excluding hydrogens is 104 g/mol. The molecule has 0 saturated heterocycles. The van der Waals surface area contributed by atoms with Crippen LogP contribution >= 0.6 is 0 Å². The molecule has 1 aliphatic rings. The normalized spacial score (nSPS) is 17.2. The molecule has 0 radical (unpaired) electrons. The predicted octanol–water partition coefficient (Wildman–Crippen LogP) is 0.453. The van der Waals surface area contributed by atoms with E-state index in [9.17, 15) is 0 Å². The molecule has 0 aromatic carbocycles. The second kappa shape index (κ2) is 2.47. The van der Waals surface area contributed by atoms with E-state index in [-0.39, 0.29) is 0 Å². The van der Waals surface area contributed by atoms with E-state index in [0.29, 0.717) is 6.73 Å². The van der Waals surface area contributed by atoms with E-state index in [1.807, 2.05) is 0 Å². The van der Waals surface area contributed by atoms with Crippen molar-refractivity contribution in [2.75, 3.05) is 6.73 Å². The van der Waals surface area contributed by atoms with Gasteiger partial charge in [-0.15, -0.1) is 6.58 Å². The molecule has 0 aromatic heterocycles. The van der Waals surface area contributed by atoms with Gasteiger partial charge in [0.15, 0.2) is 6.73 Å². The number of hydrogen-bond donors (Lipinski definition) is 1. The van der Waals surface area contributed by atoms with Gasteiger partial charge < -0.3 is 0 Å². The minimum absolute atomic E-state index is 0.434.